The molecule has 0 heterocycles. The molecule has 10 heteroatoms. The van der Waals surface area contributed by atoms with Crippen molar-refractivity contribution in [2.24, 2.45) is 0 Å². The number of rotatable bonds is 4. The molecule has 1 nitrogen and oxygen atoms in total. The van der Waals surface area contributed by atoms with Gasteiger partial charge < -0.3 is 17.7 Å². The molecule has 0 aliphatic rings. The standard InChI is InChI=1S/C8H5BF7O.K/c10-7(11)8(12,13)17-6-3-1-5(2-4-6)9(14,15)16;/h1-4,7H;/q-1;+1. The van der Waals surface area contributed by atoms with Crippen LogP contribution >= 0.6 is 0 Å². The first-order valence-corrected chi connectivity index (χ1v) is 4.28. The van der Waals surface area contributed by atoms with Crippen LogP contribution in [-0.4, -0.2) is 19.5 Å². The minimum Gasteiger partial charge on any atom is -0.445 e. The second-order valence-corrected chi connectivity index (χ2v) is 3.11. The molecule has 0 bridgehead atoms. The van der Waals surface area contributed by atoms with E-state index < -0.39 is 30.7 Å². The van der Waals surface area contributed by atoms with Gasteiger partial charge in [-0.25, -0.2) is 0 Å². The van der Waals surface area contributed by atoms with Crippen molar-refractivity contribution in [3.63, 3.8) is 0 Å². The van der Waals surface area contributed by atoms with Crippen LogP contribution in [0.5, 0.6) is 5.75 Å². The zero-order chi connectivity index (χ0) is 13.3. The van der Waals surface area contributed by atoms with Crippen molar-refractivity contribution in [2.45, 2.75) is 12.5 Å². The van der Waals surface area contributed by atoms with E-state index in [1.54, 1.807) is 0 Å². The van der Waals surface area contributed by atoms with Gasteiger partial charge in [-0.3, -0.25) is 0 Å². The van der Waals surface area contributed by atoms with Gasteiger partial charge in [0.25, 0.3) is 0 Å². The molecule has 1 aromatic carbocycles. The third-order valence-corrected chi connectivity index (χ3v) is 1.77. The van der Waals surface area contributed by atoms with Crippen molar-refractivity contribution >= 4 is 12.4 Å². The minimum atomic E-state index is -5.26. The molecule has 0 saturated heterocycles. The third-order valence-electron chi connectivity index (χ3n) is 1.77. The fourth-order valence-electron chi connectivity index (χ4n) is 0.956. The number of alkyl halides is 4. The summed E-state index contributed by atoms with van der Waals surface area (Å²) in [6, 6.07) is 2.08. The van der Waals surface area contributed by atoms with Gasteiger partial charge in [-0.2, -0.15) is 17.6 Å². The summed E-state index contributed by atoms with van der Waals surface area (Å²) in [5.74, 6) is -0.765. The zero-order valence-corrected chi connectivity index (χ0v) is 12.1. The number of hydrogen-bond acceptors (Lipinski definition) is 1. The summed E-state index contributed by atoms with van der Waals surface area (Å²) in [6.07, 6.45) is -8.79. The average Bonchev–Trinajstić information content (AvgIpc) is 2.16. The summed E-state index contributed by atoms with van der Waals surface area (Å²) < 4.78 is 88.2. The molecule has 0 amide bonds. The first-order chi connectivity index (χ1) is 7.63. The Hall–Kier alpha value is 0.231. The van der Waals surface area contributed by atoms with E-state index in [9.17, 15) is 30.5 Å². The predicted octanol–water partition coefficient (Wildman–Crippen LogP) is -0.0183. The third kappa shape index (κ3) is 5.08. The zero-order valence-electron chi connectivity index (χ0n) is 9.02. The normalized spacial score (nSPS) is 12.2. The van der Waals surface area contributed by atoms with Gasteiger partial charge in [0.1, 0.15) is 5.75 Å². The van der Waals surface area contributed by atoms with Crippen LogP contribution in [0.1, 0.15) is 0 Å². The molecule has 1 rings (SSSR count). The molecule has 0 atom stereocenters. The van der Waals surface area contributed by atoms with Crippen molar-refractivity contribution in [2.75, 3.05) is 0 Å². The van der Waals surface area contributed by atoms with Crippen LogP contribution in [0.25, 0.3) is 0 Å². The van der Waals surface area contributed by atoms with Gasteiger partial charge in [-0.1, -0.05) is 12.1 Å². The van der Waals surface area contributed by atoms with E-state index in [0.717, 1.165) is 0 Å². The first-order valence-electron chi connectivity index (χ1n) is 4.28. The largest absolute Gasteiger partial charge is 1.00 e. The minimum absolute atomic E-state index is 0. The average molecular weight is 300 g/mol. The number of hydrogen-bond donors (Lipinski definition) is 0. The van der Waals surface area contributed by atoms with E-state index in [0.29, 0.717) is 24.3 Å². The fourth-order valence-corrected chi connectivity index (χ4v) is 0.956. The molecule has 0 unspecified atom stereocenters. The molecule has 96 valence electrons. The second kappa shape index (κ2) is 6.60. The van der Waals surface area contributed by atoms with Crippen LogP contribution in [0.2, 0.25) is 0 Å². The number of benzene rings is 1. The molecule has 0 N–H and O–H groups in total. The molecule has 1 aromatic rings. The van der Waals surface area contributed by atoms with E-state index in [4.69, 9.17) is 0 Å². The van der Waals surface area contributed by atoms with Crippen LogP contribution in [0.15, 0.2) is 24.3 Å². The van der Waals surface area contributed by atoms with Gasteiger partial charge in [0, 0.05) is 0 Å². The van der Waals surface area contributed by atoms with Crippen LogP contribution < -0.4 is 61.6 Å². The number of halogens is 7. The van der Waals surface area contributed by atoms with Crippen LogP contribution in [-0.2, 0) is 0 Å². The van der Waals surface area contributed by atoms with Gasteiger partial charge in [0.15, 0.2) is 0 Å². The number of ether oxygens (including phenoxy) is 1. The Morgan fingerprint density at radius 3 is 1.78 bits per heavy atom. The van der Waals surface area contributed by atoms with E-state index >= 15 is 0 Å². The molecule has 18 heavy (non-hydrogen) atoms. The molecule has 0 saturated carbocycles. The Balaban J connectivity index is 0.00000289. The maximum Gasteiger partial charge on any atom is 1.00 e. The van der Waals surface area contributed by atoms with E-state index in [2.05, 4.69) is 4.74 Å². The van der Waals surface area contributed by atoms with Crippen LogP contribution in [0, 0.1) is 0 Å². The summed E-state index contributed by atoms with van der Waals surface area (Å²) in [6.45, 7) is -5.26. The molecule has 0 aliphatic carbocycles. The van der Waals surface area contributed by atoms with Gasteiger partial charge in [0.05, 0.1) is 0 Å². The van der Waals surface area contributed by atoms with Crippen molar-refractivity contribution in [3.05, 3.63) is 24.3 Å². The fraction of sp³-hybridized carbons (Fsp3) is 0.250. The summed E-state index contributed by atoms with van der Waals surface area (Å²) in [5, 5.41) is 0. The Morgan fingerprint density at radius 2 is 1.44 bits per heavy atom. The van der Waals surface area contributed by atoms with E-state index in [-0.39, 0.29) is 51.4 Å². The first kappa shape index (κ1) is 18.2. The SMILES string of the molecule is FC(F)C(F)(F)Oc1ccc([B-](F)(F)F)cc1.[K+]. The smallest absolute Gasteiger partial charge is 0.445 e. The summed E-state index contributed by atoms with van der Waals surface area (Å²) in [4.78, 5) is 0. The molecular formula is C8H5BF7KO. The van der Waals surface area contributed by atoms with Gasteiger partial charge in [-0.15, -0.1) is 5.46 Å². The Labute approximate surface area is 140 Å². The molecule has 0 spiro atoms. The molecule has 0 aliphatic heterocycles. The van der Waals surface area contributed by atoms with Gasteiger partial charge in [-0.05, 0) is 12.1 Å². The van der Waals surface area contributed by atoms with E-state index in [1.807, 2.05) is 0 Å². The van der Waals surface area contributed by atoms with Crippen molar-refractivity contribution in [3.8, 4) is 5.75 Å². The Kier molecular flexibility index (Phi) is 6.68. The maximum absolute atomic E-state index is 12.4. The molecule has 0 aromatic heterocycles. The monoisotopic (exact) mass is 300 g/mol. The topological polar surface area (TPSA) is 9.23 Å². The van der Waals surface area contributed by atoms with Crippen LogP contribution in [0.4, 0.5) is 30.5 Å². The Morgan fingerprint density at radius 1 is 1.00 bits per heavy atom. The summed E-state index contributed by atoms with van der Waals surface area (Å²) in [5.41, 5.74) is -1.03. The van der Waals surface area contributed by atoms with Gasteiger partial charge in [0.2, 0.25) is 0 Å². The van der Waals surface area contributed by atoms with Crippen molar-refractivity contribution in [1.29, 1.82) is 0 Å². The summed E-state index contributed by atoms with van der Waals surface area (Å²) in [7, 11) is 0. The maximum atomic E-state index is 12.4. The van der Waals surface area contributed by atoms with Crippen molar-refractivity contribution in [1.82, 2.24) is 0 Å². The second-order valence-electron chi connectivity index (χ2n) is 3.11. The van der Waals surface area contributed by atoms with E-state index in [1.165, 1.54) is 0 Å². The van der Waals surface area contributed by atoms with Gasteiger partial charge >= 0.3 is 70.9 Å². The Bertz CT molecular complexity index is 378. The summed E-state index contributed by atoms with van der Waals surface area (Å²) >= 11 is 0. The predicted molar refractivity (Wildman–Crippen MR) is 46.7 cm³/mol. The van der Waals surface area contributed by atoms with Crippen LogP contribution in [0.3, 0.4) is 0 Å². The molecular weight excluding hydrogens is 295 g/mol. The molecule has 0 radical (unpaired) electrons. The van der Waals surface area contributed by atoms with Crippen molar-refractivity contribution < 1.29 is 86.6 Å². The quantitative estimate of drug-likeness (QED) is 0.561. The molecule has 0 fully saturated rings.